The number of anilines is 1. The molecule has 0 spiro atoms. The van der Waals surface area contributed by atoms with Gasteiger partial charge in [0.2, 0.25) is 5.91 Å². The van der Waals surface area contributed by atoms with Crippen molar-refractivity contribution in [3.8, 4) is 0 Å². The second-order valence-electron chi connectivity index (χ2n) is 4.51. The molecule has 3 nitrogen and oxygen atoms in total. The third kappa shape index (κ3) is 1.72. The monoisotopic (exact) mass is 246 g/mol. The molecule has 88 valence electrons. The number of rotatable bonds is 1. The summed E-state index contributed by atoms with van der Waals surface area (Å²) in [7, 11) is 0. The lowest BCUT2D eigenvalue weighted by Crippen LogP contribution is -2.06. The van der Waals surface area contributed by atoms with Crippen LogP contribution in [0.3, 0.4) is 0 Å². The van der Waals surface area contributed by atoms with Crippen LogP contribution in [0.2, 0.25) is 0 Å². The Bertz CT molecular complexity index is 615. The van der Waals surface area contributed by atoms with Crippen molar-refractivity contribution in [2.75, 3.05) is 5.32 Å². The van der Waals surface area contributed by atoms with E-state index in [9.17, 15) is 4.79 Å². The zero-order chi connectivity index (χ0) is 12.0. The lowest BCUT2D eigenvalue weighted by atomic mass is 10.1. The lowest BCUT2D eigenvalue weighted by Gasteiger charge is -2.03. The summed E-state index contributed by atoms with van der Waals surface area (Å²) in [6.45, 7) is 3.58. The maximum absolute atomic E-state index is 11.2. The third-order valence-electron chi connectivity index (χ3n) is 3.19. The molecule has 1 aliphatic carbocycles. The van der Waals surface area contributed by atoms with Crippen molar-refractivity contribution >= 4 is 33.1 Å². The summed E-state index contributed by atoms with van der Waals surface area (Å²) in [5.74, 6) is -0.0201. The van der Waals surface area contributed by atoms with Gasteiger partial charge in [0.15, 0.2) is 0 Å². The van der Waals surface area contributed by atoms with Crippen molar-refractivity contribution in [1.29, 1.82) is 0 Å². The molecule has 0 radical (unpaired) electrons. The smallest absolute Gasteiger partial charge is 0.221 e. The highest BCUT2D eigenvalue weighted by molar-refractivity contribution is 7.19. The molecule has 3 rings (SSSR count). The predicted molar refractivity (Wildman–Crippen MR) is 70.7 cm³/mol. The molecule has 1 amide bonds. The van der Waals surface area contributed by atoms with E-state index in [0.717, 1.165) is 33.6 Å². The molecule has 0 aromatic carbocycles. The first-order valence-corrected chi connectivity index (χ1v) is 6.66. The molecule has 0 bridgehead atoms. The van der Waals surface area contributed by atoms with E-state index in [0.29, 0.717) is 0 Å². The fourth-order valence-electron chi connectivity index (χ4n) is 2.43. The van der Waals surface area contributed by atoms with E-state index < -0.39 is 0 Å². The topological polar surface area (TPSA) is 42.0 Å². The van der Waals surface area contributed by atoms with Crippen molar-refractivity contribution in [3.05, 3.63) is 22.2 Å². The van der Waals surface area contributed by atoms with Crippen LogP contribution < -0.4 is 5.32 Å². The average molecular weight is 246 g/mol. The minimum absolute atomic E-state index is 0.0201. The van der Waals surface area contributed by atoms with E-state index in [1.807, 2.05) is 6.92 Å². The second kappa shape index (κ2) is 3.81. The van der Waals surface area contributed by atoms with Gasteiger partial charge in [-0.1, -0.05) is 0 Å². The zero-order valence-corrected chi connectivity index (χ0v) is 10.8. The van der Waals surface area contributed by atoms with E-state index in [1.54, 1.807) is 18.3 Å². The Morgan fingerprint density at radius 2 is 2.29 bits per heavy atom. The Hall–Kier alpha value is -1.42. The first-order chi connectivity index (χ1) is 8.15. The van der Waals surface area contributed by atoms with Crippen LogP contribution in [0, 0.1) is 6.92 Å². The number of carbonyl (C=O) groups is 1. The largest absolute Gasteiger partial charge is 0.325 e. The molecule has 1 N–H and O–H groups in total. The quantitative estimate of drug-likeness (QED) is 0.840. The fraction of sp³-hybridized carbons (Fsp3) is 0.385. The number of aryl methyl sites for hydroxylation is 3. The average Bonchev–Trinajstić information content (AvgIpc) is 2.81. The van der Waals surface area contributed by atoms with Gasteiger partial charge < -0.3 is 5.32 Å². The first kappa shape index (κ1) is 10.7. The van der Waals surface area contributed by atoms with Gasteiger partial charge in [-0.3, -0.25) is 4.79 Å². The van der Waals surface area contributed by atoms with Gasteiger partial charge in [-0.15, -0.1) is 11.3 Å². The maximum Gasteiger partial charge on any atom is 0.221 e. The van der Waals surface area contributed by atoms with Crippen molar-refractivity contribution in [2.45, 2.75) is 33.1 Å². The number of amides is 1. The molecule has 2 heterocycles. The molecular formula is C13H14N2OS. The highest BCUT2D eigenvalue weighted by atomic mass is 32.1. The Morgan fingerprint density at radius 3 is 3.06 bits per heavy atom. The van der Waals surface area contributed by atoms with Gasteiger partial charge in [0.05, 0.1) is 5.69 Å². The molecular weight excluding hydrogens is 232 g/mol. The van der Waals surface area contributed by atoms with Gasteiger partial charge in [0.25, 0.3) is 0 Å². The van der Waals surface area contributed by atoms with Gasteiger partial charge in [-0.25, -0.2) is 4.98 Å². The summed E-state index contributed by atoms with van der Waals surface area (Å²) >= 11 is 1.66. The molecule has 0 saturated heterocycles. The minimum atomic E-state index is -0.0201. The Labute approximate surface area is 104 Å². The highest BCUT2D eigenvalue weighted by Crippen LogP contribution is 2.36. The van der Waals surface area contributed by atoms with Crippen LogP contribution in [0.4, 0.5) is 5.69 Å². The van der Waals surface area contributed by atoms with Crippen molar-refractivity contribution in [2.24, 2.45) is 0 Å². The highest BCUT2D eigenvalue weighted by Gasteiger charge is 2.17. The standard InChI is InChI=1S/C13H14N2OS/c1-7-12(14-8(2)16)10-6-9-4-3-5-11(9)15-13(10)17-7/h6H,3-5H2,1-2H3,(H,14,16). The fourth-order valence-corrected chi connectivity index (χ4v) is 3.41. The van der Waals surface area contributed by atoms with Crippen molar-refractivity contribution < 1.29 is 4.79 Å². The Kier molecular flexibility index (Phi) is 2.40. The van der Waals surface area contributed by atoms with Gasteiger partial charge in [0.1, 0.15) is 4.83 Å². The molecule has 1 aliphatic rings. The predicted octanol–water partition coefficient (Wildman–Crippen LogP) is 3.05. The van der Waals surface area contributed by atoms with Crippen LogP contribution in [-0.2, 0) is 17.6 Å². The summed E-state index contributed by atoms with van der Waals surface area (Å²) in [5.41, 5.74) is 3.54. The summed E-state index contributed by atoms with van der Waals surface area (Å²) in [4.78, 5) is 18.1. The summed E-state index contributed by atoms with van der Waals surface area (Å²) in [6.07, 6.45) is 3.42. The molecule has 0 saturated carbocycles. The number of pyridine rings is 1. The third-order valence-corrected chi connectivity index (χ3v) is 4.20. The molecule has 0 fully saturated rings. The summed E-state index contributed by atoms with van der Waals surface area (Å²) in [5, 5.41) is 4.02. The number of fused-ring (bicyclic) bond motifs is 2. The minimum Gasteiger partial charge on any atom is -0.325 e. The molecule has 0 unspecified atom stereocenters. The first-order valence-electron chi connectivity index (χ1n) is 5.84. The van der Waals surface area contributed by atoms with E-state index in [2.05, 4.69) is 11.4 Å². The zero-order valence-electron chi connectivity index (χ0n) is 9.96. The molecule has 0 aliphatic heterocycles. The number of hydrogen-bond donors (Lipinski definition) is 1. The van der Waals surface area contributed by atoms with E-state index >= 15 is 0 Å². The molecule has 4 heteroatoms. The van der Waals surface area contributed by atoms with E-state index in [4.69, 9.17) is 4.98 Å². The number of nitrogens with one attached hydrogen (secondary N) is 1. The number of thiophene rings is 1. The Morgan fingerprint density at radius 1 is 1.47 bits per heavy atom. The lowest BCUT2D eigenvalue weighted by molar-refractivity contribution is -0.114. The van der Waals surface area contributed by atoms with Crippen LogP contribution in [0.25, 0.3) is 10.2 Å². The number of nitrogens with zero attached hydrogens (tertiary/aromatic N) is 1. The number of carbonyl (C=O) groups excluding carboxylic acids is 1. The number of hydrogen-bond acceptors (Lipinski definition) is 3. The Balaban J connectivity index is 2.21. The van der Waals surface area contributed by atoms with Gasteiger partial charge in [-0.05, 0) is 37.8 Å². The number of aromatic nitrogens is 1. The van der Waals surface area contributed by atoms with Crippen molar-refractivity contribution in [3.63, 3.8) is 0 Å². The summed E-state index contributed by atoms with van der Waals surface area (Å²) < 4.78 is 0. The van der Waals surface area contributed by atoms with Crippen LogP contribution in [-0.4, -0.2) is 10.9 Å². The van der Waals surface area contributed by atoms with Crippen LogP contribution in [0.1, 0.15) is 29.5 Å². The summed E-state index contributed by atoms with van der Waals surface area (Å²) in [6, 6.07) is 2.21. The maximum atomic E-state index is 11.2. The molecule has 2 aromatic heterocycles. The van der Waals surface area contributed by atoms with Crippen LogP contribution in [0.15, 0.2) is 6.07 Å². The van der Waals surface area contributed by atoms with Gasteiger partial charge in [-0.2, -0.15) is 0 Å². The van der Waals surface area contributed by atoms with Crippen molar-refractivity contribution in [1.82, 2.24) is 4.98 Å². The van der Waals surface area contributed by atoms with Crippen LogP contribution >= 0.6 is 11.3 Å². The molecule has 17 heavy (non-hydrogen) atoms. The van der Waals surface area contributed by atoms with E-state index in [-0.39, 0.29) is 5.91 Å². The molecule has 0 atom stereocenters. The van der Waals surface area contributed by atoms with Crippen LogP contribution in [0.5, 0.6) is 0 Å². The molecule has 2 aromatic rings. The SMILES string of the molecule is CC(=O)Nc1c(C)sc2nc3c(cc12)CCC3. The van der Waals surface area contributed by atoms with Gasteiger partial charge in [0, 0.05) is 22.9 Å². The normalized spacial score (nSPS) is 14.0. The van der Waals surface area contributed by atoms with E-state index in [1.165, 1.54) is 17.7 Å². The van der Waals surface area contributed by atoms with Gasteiger partial charge >= 0.3 is 0 Å². The second-order valence-corrected chi connectivity index (χ2v) is 5.72.